The number of ether oxygens (including phenoxy) is 1. The molecular weight excluding hydrogens is 218 g/mol. The predicted octanol–water partition coefficient (Wildman–Crippen LogP) is 0.581. The van der Waals surface area contributed by atoms with Crippen LogP contribution in [0.25, 0.3) is 0 Å². The average Bonchev–Trinajstić information content (AvgIpc) is 2.23. The quantitative estimate of drug-likeness (QED) is 0.450. The number of halogens is 2. The number of nitrogens with zero attached hydrogens (tertiary/aromatic N) is 2. The highest BCUT2D eigenvalue weighted by atomic mass is 19.1. The fraction of sp³-hybridized carbons (Fsp3) is 0.111. The first-order valence-electron chi connectivity index (χ1n) is 4.20. The maximum atomic E-state index is 13.5. The summed E-state index contributed by atoms with van der Waals surface area (Å²) in [6.45, 7) is 0. The molecule has 5 nitrogen and oxygen atoms in total. The Morgan fingerprint density at radius 3 is 2.62 bits per heavy atom. The Bertz CT molecular complexity index is 441. The molecule has 0 aliphatic heterocycles. The van der Waals surface area contributed by atoms with Gasteiger partial charge in [0, 0.05) is 0 Å². The number of guanidine groups is 1. The Hall–Kier alpha value is -2.18. The summed E-state index contributed by atoms with van der Waals surface area (Å²) in [6, 6.07) is 2.22. The Kier molecular flexibility index (Phi) is 3.76. The lowest BCUT2D eigenvalue weighted by molar-refractivity contribution is 0.383. The first-order chi connectivity index (χ1) is 7.56. The lowest BCUT2D eigenvalue weighted by Crippen LogP contribution is -2.21. The van der Waals surface area contributed by atoms with Gasteiger partial charge in [0.1, 0.15) is 5.82 Å². The van der Waals surface area contributed by atoms with E-state index in [1.807, 2.05) is 0 Å². The van der Waals surface area contributed by atoms with Crippen LogP contribution in [-0.2, 0) is 0 Å². The molecule has 0 aliphatic rings. The van der Waals surface area contributed by atoms with E-state index in [2.05, 4.69) is 14.9 Å². The summed E-state index contributed by atoms with van der Waals surface area (Å²) in [5.41, 5.74) is 9.61. The van der Waals surface area contributed by atoms with Crippen LogP contribution in [-0.4, -0.2) is 19.3 Å². The minimum atomic E-state index is -0.864. The van der Waals surface area contributed by atoms with Crippen molar-refractivity contribution < 1.29 is 13.5 Å². The third-order valence-corrected chi connectivity index (χ3v) is 1.67. The topological polar surface area (TPSA) is 86.0 Å². The van der Waals surface area contributed by atoms with Gasteiger partial charge in [-0.2, -0.15) is 5.10 Å². The molecule has 0 amide bonds. The molecule has 1 aromatic carbocycles. The van der Waals surface area contributed by atoms with Crippen molar-refractivity contribution >= 4 is 12.2 Å². The third kappa shape index (κ3) is 2.66. The molecule has 0 heterocycles. The number of rotatable bonds is 3. The van der Waals surface area contributed by atoms with E-state index >= 15 is 0 Å². The van der Waals surface area contributed by atoms with Crippen molar-refractivity contribution in [2.24, 2.45) is 21.7 Å². The number of hydrogen-bond donors (Lipinski definition) is 2. The molecule has 0 saturated heterocycles. The smallest absolute Gasteiger partial charge is 0.211 e. The highest BCUT2D eigenvalue weighted by Gasteiger charge is 2.12. The van der Waals surface area contributed by atoms with Gasteiger partial charge < -0.3 is 16.2 Å². The largest absolute Gasteiger partial charge is 0.494 e. The Labute approximate surface area is 90.4 Å². The lowest BCUT2D eigenvalue weighted by Gasteiger charge is -2.04. The normalized spacial score (nSPS) is 10.4. The zero-order valence-electron chi connectivity index (χ0n) is 8.45. The fourth-order valence-electron chi connectivity index (χ4n) is 0.979. The van der Waals surface area contributed by atoms with E-state index in [4.69, 9.17) is 11.5 Å². The van der Waals surface area contributed by atoms with Gasteiger partial charge in [-0.15, -0.1) is 5.10 Å². The van der Waals surface area contributed by atoms with Crippen molar-refractivity contribution in [3.05, 3.63) is 29.3 Å². The van der Waals surface area contributed by atoms with Crippen LogP contribution in [0.1, 0.15) is 5.56 Å². The lowest BCUT2D eigenvalue weighted by atomic mass is 10.2. The first kappa shape index (κ1) is 11.9. The molecule has 0 atom stereocenters. The maximum Gasteiger partial charge on any atom is 0.211 e. The van der Waals surface area contributed by atoms with Crippen molar-refractivity contribution in [3.8, 4) is 5.75 Å². The first-order valence-corrected chi connectivity index (χ1v) is 4.20. The highest BCUT2D eigenvalue weighted by molar-refractivity contribution is 5.82. The summed E-state index contributed by atoms with van der Waals surface area (Å²) in [6.07, 6.45) is 0.868. The second kappa shape index (κ2) is 5.06. The summed E-state index contributed by atoms with van der Waals surface area (Å²) >= 11 is 0. The van der Waals surface area contributed by atoms with Gasteiger partial charge in [-0.3, -0.25) is 0 Å². The van der Waals surface area contributed by atoms with Gasteiger partial charge in [-0.25, -0.2) is 8.78 Å². The van der Waals surface area contributed by atoms with E-state index in [1.165, 1.54) is 13.2 Å². The van der Waals surface area contributed by atoms with E-state index < -0.39 is 11.6 Å². The molecule has 0 radical (unpaired) electrons. The van der Waals surface area contributed by atoms with Crippen LogP contribution in [0.5, 0.6) is 5.75 Å². The molecule has 0 fully saturated rings. The summed E-state index contributed by atoms with van der Waals surface area (Å²) in [7, 11) is 1.27. The van der Waals surface area contributed by atoms with Crippen LogP contribution in [0, 0.1) is 11.6 Å². The van der Waals surface area contributed by atoms with Gasteiger partial charge in [0.25, 0.3) is 0 Å². The van der Waals surface area contributed by atoms with Crippen molar-refractivity contribution in [2.45, 2.75) is 0 Å². The monoisotopic (exact) mass is 228 g/mol. The molecule has 0 aromatic heterocycles. The molecule has 1 aromatic rings. The van der Waals surface area contributed by atoms with E-state index in [0.717, 1.165) is 12.3 Å². The molecule has 86 valence electrons. The van der Waals surface area contributed by atoms with Gasteiger partial charge in [0.15, 0.2) is 11.6 Å². The van der Waals surface area contributed by atoms with Crippen LogP contribution >= 0.6 is 0 Å². The van der Waals surface area contributed by atoms with Crippen LogP contribution in [0.2, 0.25) is 0 Å². The molecule has 0 unspecified atom stereocenters. The standard InChI is InChI=1S/C9H10F2N4O/c1-16-7-3-2-6(10)5(8(7)11)4-14-15-9(12)13/h2-4H,1H3,(H4,12,13,15). The second-order valence-corrected chi connectivity index (χ2v) is 2.75. The zero-order valence-corrected chi connectivity index (χ0v) is 8.45. The van der Waals surface area contributed by atoms with Crippen molar-refractivity contribution in [3.63, 3.8) is 0 Å². The van der Waals surface area contributed by atoms with Crippen LogP contribution in [0.4, 0.5) is 8.78 Å². The molecule has 1 rings (SSSR count). The number of methoxy groups -OCH3 is 1. The molecule has 0 spiro atoms. The molecule has 7 heteroatoms. The van der Waals surface area contributed by atoms with Crippen molar-refractivity contribution in [1.29, 1.82) is 0 Å². The molecule has 4 N–H and O–H groups in total. The van der Waals surface area contributed by atoms with Gasteiger partial charge >= 0.3 is 0 Å². The number of hydrogen-bond acceptors (Lipinski definition) is 3. The van der Waals surface area contributed by atoms with E-state index in [0.29, 0.717) is 0 Å². The zero-order chi connectivity index (χ0) is 12.1. The second-order valence-electron chi connectivity index (χ2n) is 2.75. The molecule has 0 saturated carbocycles. The summed E-state index contributed by atoms with van der Waals surface area (Å²) in [5, 5.41) is 6.54. The summed E-state index contributed by atoms with van der Waals surface area (Å²) in [5.74, 6) is -2.04. The Morgan fingerprint density at radius 2 is 2.06 bits per heavy atom. The Balaban J connectivity index is 3.12. The predicted molar refractivity (Wildman–Crippen MR) is 56.3 cm³/mol. The summed E-state index contributed by atoms with van der Waals surface area (Å²) in [4.78, 5) is 0. The SMILES string of the molecule is COc1ccc(F)c(C=NN=C(N)N)c1F. The maximum absolute atomic E-state index is 13.5. The van der Waals surface area contributed by atoms with Gasteiger partial charge in [0.2, 0.25) is 5.96 Å². The van der Waals surface area contributed by atoms with Crippen LogP contribution in [0.3, 0.4) is 0 Å². The Morgan fingerprint density at radius 1 is 1.38 bits per heavy atom. The van der Waals surface area contributed by atoms with E-state index in [9.17, 15) is 8.78 Å². The van der Waals surface area contributed by atoms with E-state index in [-0.39, 0.29) is 17.3 Å². The molecule has 16 heavy (non-hydrogen) atoms. The number of nitrogens with two attached hydrogens (primary N) is 2. The molecule has 0 aliphatic carbocycles. The van der Waals surface area contributed by atoms with Gasteiger partial charge in [-0.1, -0.05) is 0 Å². The van der Waals surface area contributed by atoms with Crippen LogP contribution in [0.15, 0.2) is 22.3 Å². The minimum absolute atomic E-state index is 0.0902. The van der Waals surface area contributed by atoms with Crippen LogP contribution < -0.4 is 16.2 Å². The highest BCUT2D eigenvalue weighted by Crippen LogP contribution is 2.21. The van der Waals surface area contributed by atoms with E-state index in [1.54, 1.807) is 0 Å². The van der Waals surface area contributed by atoms with Crippen molar-refractivity contribution in [2.75, 3.05) is 7.11 Å². The molecule has 0 bridgehead atoms. The van der Waals surface area contributed by atoms with Crippen molar-refractivity contribution in [1.82, 2.24) is 0 Å². The fourth-order valence-corrected chi connectivity index (χ4v) is 0.979. The van der Waals surface area contributed by atoms with Gasteiger partial charge in [0.05, 0.1) is 18.9 Å². The molecular formula is C9H10F2N4O. The number of benzene rings is 1. The summed E-state index contributed by atoms with van der Waals surface area (Å²) < 4.78 is 31.4. The van der Waals surface area contributed by atoms with Gasteiger partial charge in [-0.05, 0) is 12.1 Å². The minimum Gasteiger partial charge on any atom is -0.494 e. The average molecular weight is 228 g/mol. The third-order valence-electron chi connectivity index (χ3n) is 1.67.